The number of hydrogen-bond acceptors (Lipinski definition) is 4. The van der Waals surface area contributed by atoms with Gasteiger partial charge in [-0.1, -0.05) is 38.5 Å². The standard InChI is InChI=1S/C20H26N2O5/c1-13(2)18(20(26)21-11-7-3-4-10-17(23)24)22-19(25)16-12-14-8-5-6-9-15(14)27-16/h5-6,8-9,12-13,18H,3-4,7,10-11H2,1-2H3,(H,21,26)(H,22,25)(H,23,24)/t18-/m0/s1. The minimum Gasteiger partial charge on any atom is -0.481 e. The molecule has 2 amide bonds. The zero-order valence-corrected chi connectivity index (χ0v) is 15.7. The van der Waals surface area contributed by atoms with E-state index in [-0.39, 0.29) is 24.0 Å². The molecule has 0 saturated heterocycles. The fourth-order valence-corrected chi connectivity index (χ4v) is 2.74. The predicted octanol–water partition coefficient (Wildman–Crippen LogP) is 2.95. The van der Waals surface area contributed by atoms with E-state index in [1.54, 1.807) is 12.1 Å². The number of carbonyl (C=O) groups is 3. The lowest BCUT2D eigenvalue weighted by Gasteiger charge is -2.21. The average Bonchev–Trinajstić information content (AvgIpc) is 3.06. The van der Waals surface area contributed by atoms with Crippen LogP contribution in [-0.4, -0.2) is 35.5 Å². The number of carboxylic acids is 1. The summed E-state index contributed by atoms with van der Waals surface area (Å²) < 4.78 is 5.54. The molecule has 1 atom stereocenters. The van der Waals surface area contributed by atoms with Gasteiger partial charge in [-0.05, 0) is 30.9 Å². The molecular formula is C20H26N2O5. The number of carboxylic acid groups (broad SMARTS) is 1. The van der Waals surface area contributed by atoms with Gasteiger partial charge in [-0.2, -0.15) is 0 Å². The molecule has 146 valence electrons. The second kappa shape index (κ2) is 9.75. The van der Waals surface area contributed by atoms with E-state index in [0.717, 1.165) is 11.8 Å². The molecule has 0 fully saturated rings. The first kappa shape index (κ1) is 20.5. The van der Waals surface area contributed by atoms with E-state index in [1.807, 2.05) is 32.0 Å². The number of nitrogens with one attached hydrogen (secondary N) is 2. The number of carbonyl (C=O) groups excluding carboxylic acids is 2. The largest absolute Gasteiger partial charge is 0.481 e. The fraction of sp³-hybridized carbons (Fsp3) is 0.450. The number of amides is 2. The number of benzene rings is 1. The van der Waals surface area contributed by atoms with Crippen molar-refractivity contribution in [2.75, 3.05) is 6.54 Å². The van der Waals surface area contributed by atoms with Crippen LogP contribution in [0.3, 0.4) is 0 Å². The molecular weight excluding hydrogens is 348 g/mol. The van der Waals surface area contributed by atoms with Crippen molar-refractivity contribution in [2.24, 2.45) is 5.92 Å². The molecule has 0 unspecified atom stereocenters. The van der Waals surface area contributed by atoms with Gasteiger partial charge in [0, 0.05) is 18.4 Å². The van der Waals surface area contributed by atoms with Crippen LogP contribution in [0.4, 0.5) is 0 Å². The molecule has 7 heteroatoms. The summed E-state index contributed by atoms with van der Waals surface area (Å²) in [6, 6.07) is 8.30. The van der Waals surface area contributed by atoms with Crippen molar-refractivity contribution in [1.82, 2.24) is 10.6 Å². The van der Waals surface area contributed by atoms with E-state index in [4.69, 9.17) is 9.52 Å². The SMILES string of the molecule is CC(C)[C@H](NC(=O)c1cc2ccccc2o1)C(=O)NCCCCCC(=O)O. The summed E-state index contributed by atoms with van der Waals surface area (Å²) in [5.74, 6) is -1.42. The van der Waals surface area contributed by atoms with Crippen LogP contribution in [0.5, 0.6) is 0 Å². The maximum absolute atomic E-state index is 12.5. The molecule has 27 heavy (non-hydrogen) atoms. The van der Waals surface area contributed by atoms with Gasteiger partial charge in [0.15, 0.2) is 5.76 Å². The Morgan fingerprint density at radius 1 is 1.11 bits per heavy atom. The molecule has 3 N–H and O–H groups in total. The van der Waals surface area contributed by atoms with Gasteiger partial charge >= 0.3 is 5.97 Å². The molecule has 7 nitrogen and oxygen atoms in total. The quantitative estimate of drug-likeness (QED) is 0.554. The maximum Gasteiger partial charge on any atom is 0.303 e. The topological polar surface area (TPSA) is 109 Å². The van der Waals surface area contributed by atoms with Gasteiger partial charge in [0.25, 0.3) is 5.91 Å². The molecule has 0 aliphatic carbocycles. The van der Waals surface area contributed by atoms with Crippen LogP contribution in [0.1, 0.15) is 50.1 Å². The van der Waals surface area contributed by atoms with Gasteiger partial charge < -0.3 is 20.2 Å². The summed E-state index contributed by atoms with van der Waals surface area (Å²) in [6.07, 6.45) is 2.14. The molecule has 2 rings (SSSR count). The third-order valence-corrected chi connectivity index (χ3v) is 4.25. The molecule has 0 bridgehead atoms. The summed E-state index contributed by atoms with van der Waals surface area (Å²) in [5, 5.41) is 15.0. The number of furan rings is 1. The monoisotopic (exact) mass is 374 g/mol. The van der Waals surface area contributed by atoms with Crippen LogP contribution in [0.15, 0.2) is 34.7 Å². The maximum atomic E-state index is 12.5. The zero-order valence-electron chi connectivity index (χ0n) is 15.7. The highest BCUT2D eigenvalue weighted by atomic mass is 16.4. The summed E-state index contributed by atoms with van der Waals surface area (Å²) >= 11 is 0. The van der Waals surface area contributed by atoms with Crippen LogP contribution in [0.25, 0.3) is 11.0 Å². The van der Waals surface area contributed by atoms with E-state index in [1.165, 1.54) is 0 Å². The van der Waals surface area contributed by atoms with Crippen LogP contribution in [0, 0.1) is 5.92 Å². The van der Waals surface area contributed by atoms with Crippen molar-refractivity contribution < 1.29 is 23.9 Å². The highest BCUT2D eigenvalue weighted by Gasteiger charge is 2.25. The van der Waals surface area contributed by atoms with Gasteiger partial charge in [-0.25, -0.2) is 0 Å². The Morgan fingerprint density at radius 3 is 2.52 bits per heavy atom. The van der Waals surface area contributed by atoms with E-state index in [0.29, 0.717) is 25.0 Å². The van der Waals surface area contributed by atoms with Gasteiger partial charge in [0.1, 0.15) is 11.6 Å². The number of unbranched alkanes of at least 4 members (excludes halogenated alkanes) is 2. The second-order valence-corrected chi connectivity index (χ2v) is 6.84. The molecule has 1 heterocycles. The van der Waals surface area contributed by atoms with Crippen molar-refractivity contribution in [2.45, 2.75) is 45.6 Å². The average molecular weight is 374 g/mol. The lowest BCUT2D eigenvalue weighted by atomic mass is 10.0. The third kappa shape index (κ3) is 6.13. The molecule has 0 spiro atoms. The fourth-order valence-electron chi connectivity index (χ4n) is 2.74. The van der Waals surface area contributed by atoms with Crippen molar-refractivity contribution >= 4 is 28.8 Å². The number of fused-ring (bicyclic) bond motifs is 1. The second-order valence-electron chi connectivity index (χ2n) is 6.84. The van der Waals surface area contributed by atoms with E-state index in [9.17, 15) is 14.4 Å². The van der Waals surface area contributed by atoms with Gasteiger partial charge in [0.05, 0.1) is 0 Å². The summed E-state index contributed by atoms with van der Waals surface area (Å²) in [6.45, 7) is 4.16. The van der Waals surface area contributed by atoms with Crippen LogP contribution < -0.4 is 10.6 Å². The first-order valence-electron chi connectivity index (χ1n) is 9.17. The molecule has 0 radical (unpaired) electrons. The van der Waals surface area contributed by atoms with Crippen LogP contribution >= 0.6 is 0 Å². The Balaban J connectivity index is 1.87. The molecule has 0 aliphatic heterocycles. The summed E-state index contributed by atoms with van der Waals surface area (Å²) in [7, 11) is 0. The number of para-hydroxylation sites is 1. The lowest BCUT2D eigenvalue weighted by Crippen LogP contribution is -2.49. The predicted molar refractivity (Wildman–Crippen MR) is 101 cm³/mol. The highest BCUT2D eigenvalue weighted by molar-refractivity contribution is 5.98. The van der Waals surface area contributed by atoms with Crippen molar-refractivity contribution in [3.63, 3.8) is 0 Å². The first-order valence-corrected chi connectivity index (χ1v) is 9.17. The Morgan fingerprint density at radius 2 is 1.85 bits per heavy atom. The molecule has 1 aromatic heterocycles. The number of rotatable bonds is 10. The van der Waals surface area contributed by atoms with Crippen molar-refractivity contribution in [1.29, 1.82) is 0 Å². The van der Waals surface area contributed by atoms with E-state index in [2.05, 4.69) is 10.6 Å². The van der Waals surface area contributed by atoms with E-state index < -0.39 is 17.9 Å². The Labute approximate surface area is 158 Å². The first-order chi connectivity index (χ1) is 12.9. The van der Waals surface area contributed by atoms with Gasteiger partial charge in [-0.3, -0.25) is 14.4 Å². The van der Waals surface area contributed by atoms with Crippen molar-refractivity contribution in [3.8, 4) is 0 Å². The molecule has 1 aromatic carbocycles. The summed E-state index contributed by atoms with van der Waals surface area (Å²) in [5.41, 5.74) is 0.620. The smallest absolute Gasteiger partial charge is 0.303 e. The van der Waals surface area contributed by atoms with Crippen LogP contribution in [0.2, 0.25) is 0 Å². The van der Waals surface area contributed by atoms with Gasteiger partial charge in [-0.15, -0.1) is 0 Å². The Kier molecular flexibility index (Phi) is 7.40. The van der Waals surface area contributed by atoms with Crippen LogP contribution in [-0.2, 0) is 9.59 Å². The Bertz CT molecular complexity index is 764. The normalized spacial score (nSPS) is 12.1. The van der Waals surface area contributed by atoms with Crippen molar-refractivity contribution in [3.05, 3.63) is 36.1 Å². The number of aliphatic carboxylic acids is 1. The minimum absolute atomic E-state index is 0.0923. The molecule has 2 aromatic rings. The molecule has 0 saturated carbocycles. The minimum atomic E-state index is -0.813. The van der Waals surface area contributed by atoms with Gasteiger partial charge in [0.2, 0.25) is 5.91 Å². The molecule has 0 aliphatic rings. The Hall–Kier alpha value is -2.83. The summed E-state index contributed by atoms with van der Waals surface area (Å²) in [4.78, 5) is 35.3. The number of hydrogen-bond donors (Lipinski definition) is 3. The zero-order chi connectivity index (χ0) is 19.8. The lowest BCUT2D eigenvalue weighted by molar-refractivity contribution is -0.137. The third-order valence-electron chi connectivity index (χ3n) is 4.25. The highest BCUT2D eigenvalue weighted by Crippen LogP contribution is 2.19. The van der Waals surface area contributed by atoms with E-state index >= 15 is 0 Å².